The third-order valence-corrected chi connectivity index (χ3v) is 6.18. The maximum Gasteiger partial charge on any atom is 0.346 e. The summed E-state index contributed by atoms with van der Waals surface area (Å²) in [4.78, 5) is 36.8. The van der Waals surface area contributed by atoms with Gasteiger partial charge in [-0.05, 0) is 42.9 Å². The van der Waals surface area contributed by atoms with Crippen molar-refractivity contribution < 1.29 is 23.9 Å². The van der Waals surface area contributed by atoms with Gasteiger partial charge in [-0.2, -0.15) is 10.1 Å². The zero-order valence-electron chi connectivity index (χ0n) is 15.7. The van der Waals surface area contributed by atoms with E-state index in [1.54, 1.807) is 0 Å². The van der Waals surface area contributed by atoms with Crippen LogP contribution < -0.4 is 4.74 Å². The largest absolute Gasteiger partial charge is 0.476 e. The summed E-state index contributed by atoms with van der Waals surface area (Å²) in [6.07, 6.45) is 5.38. The van der Waals surface area contributed by atoms with E-state index in [9.17, 15) is 14.4 Å². The number of amides is 2. The van der Waals surface area contributed by atoms with E-state index >= 15 is 0 Å². The van der Waals surface area contributed by atoms with E-state index in [0.29, 0.717) is 5.56 Å². The van der Waals surface area contributed by atoms with E-state index in [0.717, 1.165) is 11.4 Å². The number of hydrogen-bond acceptors (Lipinski definition) is 6. The van der Waals surface area contributed by atoms with E-state index in [1.165, 1.54) is 32.4 Å². The topological polar surface area (TPSA) is 85.3 Å². The number of ether oxygens (including phenoxy) is 2. The second-order valence-corrected chi connectivity index (χ2v) is 8.14. The summed E-state index contributed by atoms with van der Waals surface area (Å²) < 4.78 is 10.1. The van der Waals surface area contributed by atoms with Crippen molar-refractivity contribution in [1.29, 1.82) is 0 Å². The molecule has 0 spiro atoms. The zero-order valence-corrected chi connectivity index (χ0v) is 17.2. The lowest BCUT2D eigenvalue weighted by Crippen LogP contribution is -2.28. The van der Waals surface area contributed by atoms with Gasteiger partial charge in [-0.25, -0.2) is 4.79 Å². The second-order valence-electron chi connectivity index (χ2n) is 7.33. The molecule has 2 fully saturated rings. The molecule has 9 heteroatoms. The van der Waals surface area contributed by atoms with Crippen LogP contribution in [0.3, 0.4) is 0 Å². The minimum Gasteiger partial charge on any atom is -0.476 e. The molecular weight excluding hydrogens is 419 g/mol. The molecular formula is C20H18Cl2N2O5. The Balaban J connectivity index is 1.52. The molecule has 4 rings (SSSR count). The van der Waals surface area contributed by atoms with Crippen LogP contribution in [0.1, 0.15) is 18.9 Å². The summed E-state index contributed by atoms with van der Waals surface area (Å²) in [7, 11) is 1.25. The molecule has 1 aliphatic heterocycles. The zero-order chi connectivity index (χ0) is 20.9. The van der Waals surface area contributed by atoms with Crippen molar-refractivity contribution in [1.82, 2.24) is 5.01 Å². The number of fused-ring (bicyclic) bond motifs is 5. The maximum absolute atomic E-state index is 12.7. The molecule has 152 valence electrons. The number of hydrogen-bond donors (Lipinski definition) is 0. The quantitative estimate of drug-likeness (QED) is 0.306. The Hall–Kier alpha value is -2.38. The second kappa shape index (κ2) is 7.46. The van der Waals surface area contributed by atoms with Crippen molar-refractivity contribution in [2.75, 3.05) is 7.11 Å². The Labute approximate surface area is 177 Å². The molecule has 2 aliphatic carbocycles. The van der Waals surface area contributed by atoms with Crippen LogP contribution in [0.25, 0.3) is 0 Å². The van der Waals surface area contributed by atoms with Crippen LogP contribution in [0.2, 0.25) is 10.0 Å². The lowest BCUT2D eigenvalue weighted by Gasteiger charge is -2.15. The molecule has 1 saturated carbocycles. The summed E-state index contributed by atoms with van der Waals surface area (Å²) in [5.74, 6) is -1.33. The van der Waals surface area contributed by atoms with Crippen molar-refractivity contribution in [2.45, 2.75) is 19.4 Å². The maximum atomic E-state index is 12.7. The normalized spacial score (nSPS) is 28.3. The molecule has 1 saturated heterocycles. The number of allylic oxidation sites excluding steroid dienone is 2. The summed E-state index contributed by atoms with van der Waals surface area (Å²) in [6.45, 7) is 1.51. The van der Waals surface area contributed by atoms with Gasteiger partial charge in [0.1, 0.15) is 0 Å². The van der Waals surface area contributed by atoms with Crippen molar-refractivity contribution in [2.24, 2.45) is 28.8 Å². The van der Waals surface area contributed by atoms with E-state index in [4.69, 9.17) is 27.9 Å². The van der Waals surface area contributed by atoms with Crippen LogP contribution in [0.4, 0.5) is 0 Å². The van der Waals surface area contributed by atoms with Crippen molar-refractivity contribution in [3.8, 4) is 5.75 Å². The van der Waals surface area contributed by atoms with Gasteiger partial charge in [0.25, 0.3) is 11.8 Å². The number of nitrogens with zero attached hydrogens (tertiary/aromatic N) is 2. The smallest absolute Gasteiger partial charge is 0.346 e. The standard InChI is InChI=1S/C20H18Cl2N2O5/c1-9(20(27)28-2)29-17-13(21)5-10(6-14(17)22)8-23-24-18(25)15-11-3-4-12(7-11)16(15)19(24)26/h3-6,8-9,11-12,15-16H,7H2,1-2H3/t9-,11-,12-,15-,16+/m0/s1. The van der Waals surface area contributed by atoms with Gasteiger partial charge in [-0.3, -0.25) is 9.59 Å². The highest BCUT2D eigenvalue weighted by molar-refractivity contribution is 6.37. The number of carbonyl (C=O) groups is 3. The lowest BCUT2D eigenvalue weighted by molar-refractivity contribution is -0.148. The molecule has 1 aromatic rings. The van der Waals surface area contributed by atoms with E-state index in [-0.39, 0.29) is 51.3 Å². The van der Waals surface area contributed by atoms with Gasteiger partial charge in [0.05, 0.1) is 35.2 Å². The number of benzene rings is 1. The molecule has 1 aromatic carbocycles. The molecule has 1 heterocycles. The van der Waals surface area contributed by atoms with Crippen molar-refractivity contribution >= 4 is 47.2 Å². The van der Waals surface area contributed by atoms with Crippen LogP contribution in [0, 0.1) is 23.7 Å². The average Bonchev–Trinajstić information content (AvgIpc) is 3.36. The fraction of sp³-hybridized carbons (Fsp3) is 0.400. The number of halogens is 2. The minimum absolute atomic E-state index is 0.124. The molecule has 29 heavy (non-hydrogen) atoms. The lowest BCUT2D eigenvalue weighted by atomic mass is 9.85. The first-order chi connectivity index (χ1) is 13.8. The van der Waals surface area contributed by atoms with Crippen LogP contribution in [-0.4, -0.2) is 42.2 Å². The van der Waals surface area contributed by atoms with Crippen molar-refractivity contribution in [3.05, 3.63) is 39.9 Å². The monoisotopic (exact) mass is 436 g/mol. The highest BCUT2D eigenvalue weighted by atomic mass is 35.5. The summed E-state index contributed by atoms with van der Waals surface area (Å²) in [5.41, 5.74) is 0.483. The van der Waals surface area contributed by atoms with Gasteiger partial charge in [-0.15, -0.1) is 0 Å². The van der Waals surface area contributed by atoms with E-state index in [2.05, 4.69) is 9.84 Å². The molecule has 0 N–H and O–H groups in total. The Morgan fingerprint density at radius 1 is 1.17 bits per heavy atom. The first-order valence-corrected chi connectivity index (χ1v) is 9.91. The third kappa shape index (κ3) is 3.32. The van der Waals surface area contributed by atoms with Gasteiger partial charge >= 0.3 is 5.97 Å². The minimum atomic E-state index is -0.891. The average molecular weight is 437 g/mol. The Bertz CT molecular complexity index is 907. The molecule has 7 nitrogen and oxygen atoms in total. The number of imide groups is 1. The first-order valence-electron chi connectivity index (χ1n) is 9.15. The molecule has 3 aliphatic rings. The summed E-state index contributed by atoms with van der Waals surface area (Å²) in [6, 6.07) is 3.04. The fourth-order valence-electron chi connectivity index (χ4n) is 4.28. The SMILES string of the molecule is COC(=O)[C@H](C)Oc1c(Cl)cc(C=NN2C(=O)[C@@H]3[C@H](C2=O)[C@H]2C=C[C@H]3C2)cc1Cl. The van der Waals surface area contributed by atoms with Crippen molar-refractivity contribution in [3.63, 3.8) is 0 Å². The van der Waals surface area contributed by atoms with Gasteiger partial charge in [0.15, 0.2) is 11.9 Å². The molecule has 0 unspecified atom stereocenters. The number of methoxy groups -OCH3 is 1. The van der Waals surface area contributed by atoms with E-state index in [1.807, 2.05) is 12.2 Å². The van der Waals surface area contributed by atoms with Crippen LogP contribution >= 0.6 is 23.2 Å². The summed E-state index contributed by atoms with van der Waals surface area (Å²) in [5, 5.41) is 5.37. The molecule has 0 aromatic heterocycles. The first kappa shape index (κ1) is 19.9. The highest BCUT2D eigenvalue weighted by Crippen LogP contribution is 2.52. The highest BCUT2D eigenvalue weighted by Gasteiger charge is 2.59. The predicted octanol–water partition coefficient (Wildman–Crippen LogP) is 3.07. The number of carbonyl (C=O) groups excluding carboxylic acids is 3. The predicted molar refractivity (Wildman–Crippen MR) is 106 cm³/mol. The number of esters is 1. The molecule has 2 bridgehead atoms. The number of hydrazone groups is 1. The Morgan fingerprint density at radius 3 is 2.24 bits per heavy atom. The van der Waals surface area contributed by atoms with Crippen LogP contribution in [0.15, 0.2) is 29.4 Å². The Kier molecular flexibility index (Phi) is 5.12. The third-order valence-electron chi connectivity index (χ3n) is 5.62. The van der Waals surface area contributed by atoms with Gasteiger partial charge in [-0.1, -0.05) is 35.4 Å². The summed E-state index contributed by atoms with van der Waals surface area (Å²) >= 11 is 12.4. The van der Waals surface area contributed by atoms with Gasteiger partial charge in [0, 0.05) is 0 Å². The van der Waals surface area contributed by atoms with Gasteiger partial charge < -0.3 is 9.47 Å². The van der Waals surface area contributed by atoms with Gasteiger partial charge in [0.2, 0.25) is 0 Å². The fourth-order valence-corrected chi connectivity index (χ4v) is 4.88. The van der Waals surface area contributed by atoms with Crippen LogP contribution in [-0.2, 0) is 19.1 Å². The van der Waals surface area contributed by atoms with E-state index < -0.39 is 12.1 Å². The Morgan fingerprint density at radius 2 is 1.72 bits per heavy atom. The molecule has 5 atom stereocenters. The number of rotatable bonds is 5. The van der Waals surface area contributed by atoms with Crippen LogP contribution in [0.5, 0.6) is 5.75 Å². The molecule has 2 amide bonds. The molecule has 0 radical (unpaired) electrons.